The van der Waals surface area contributed by atoms with Gasteiger partial charge in [-0.2, -0.15) is 0 Å². The molecule has 0 aliphatic rings. The number of carbonyl (C=O) groups excluding carboxylic acids is 1. The van der Waals surface area contributed by atoms with E-state index in [1.807, 2.05) is 13.8 Å². The van der Waals surface area contributed by atoms with Crippen LogP contribution >= 0.6 is 15.9 Å². The SMILES string of the molecule is CC(=O)Nc1ccc(S(=O)(=O)NC(CCBr)C(C)C)cc1. The number of halogens is 1. The number of hydrogen-bond acceptors (Lipinski definition) is 3. The zero-order valence-corrected chi connectivity index (χ0v) is 14.8. The number of nitrogens with one attached hydrogen (secondary N) is 2. The Kier molecular flexibility index (Phi) is 6.83. The third kappa shape index (κ3) is 5.76. The summed E-state index contributed by atoms with van der Waals surface area (Å²) in [4.78, 5) is 11.1. The number of benzene rings is 1. The summed E-state index contributed by atoms with van der Waals surface area (Å²) in [6, 6.07) is 6.00. The average Bonchev–Trinajstić information content (AvgIpc) is 2.37. The van der Waals surface area contributed by atoms with E-state index >= 15 is 0 Å². The first-order chi connectivity index (χ1) is 9.76. The van der Waals surface area contributed by atoms with Crippen LogP contribution in [0.5, 0.6) is 0 Å². The molecule has 1 unspecified atom stereocenters. The van der Waals surface area contributed by atoms with Crippen molar-refractivity contribution < 1.29 is 13.2 Å². The zero-order valence-electron chi connectivity index (χ0n) is 12.4. The van der Waals surface area contributed by atoms with Crippen LogP contribution in [0.1, 0.15) is 27.2 Å². The molecular weight excluding hydrogens is 356 g/mol. The Bertz CT molecular complexity index is 570. The van der Waals surface area contributed by atoms with Gasteiger partial charge in [0.25, 0.3) is 0 Å². The van der Waals surface area contributed by atoms with E-state index in [4.69, 9.17) is 0 Å². The second-order valence-electron chi connectivity index (χ2n) is 5.16. The summed E-state index contributed by atoms with van der Waals surface area (Å²) in [5.74, 6) is 0.0110. The highest BCUT2D eigenvalue weighted by atomic mass is 79.9. The fourth-order valence-electron chi connectivity index (χ4n) is 1.83. The van der Waals surface area contributed by atoms with Gasteiger partial charge in [-0.3, -0.25) is 4.79 Å². The number of anilines is 1. The molecule has 7 heteroatoms. The molecule has 0 fully saturated rings. The predicted octanol–water partition coefficient (Wildman–Crippen LogP) is 2.73. The number of alkyl halides is 1. The van der Waals surface area contributed by atoms with Crippen LogP contribution < -0.4 is 10.0 Å². The molecule has 1 aromatic carbocycles. The van der Waals surface area contributed by atoms with Crippen LogP contribution in [0, 0.1) is 5.92 Å². The van der Waals surface area contributed by atoms with Crippen LogP contribution in [0.25, 0.3) is 0 Å². The van der Waals surface area contributed by atoms with Crippen molar-refractivity contribution in [3.63, 3.8) is 0 Å². The molecule has 2 N–H and O–H groups in total. The summed E-state index contributed by atoms with van der Waals surface area (Å²) in [6.07, 6.45) is 0.723. The Hall–Kier alpha value is -0.920. The molecule has 0 heterocycles. The van der Waals surface area contributed by atoms with Gasteiger partial charge in [-0.25, -0.2) is 13.1 Å². The van der Waals surface area contributed by atoms with E-state index in [-0.39, 0.29) is 22.8 Å². The first kappa shape index (κ1) is 18.1. The molecule has 0 aromatic heterocycles. The minimum Gasteiger partial charge on any atom is -0.326 e. The summed E-state index contributed by atoms with van der Waals surface area (Å²) in [5, 5.41) is 3.34. The number of rotatable bonds is 7. The fourth-order valence-corrected chi connectivity index (χ4v) is 3.75. The van der Waals surface area contributed by atoms with Crippen molar-refractivity contribution in [1.29, 1.82) is 0 Å². The van der Waals surface area contributed by atoms with Crippen molar-refractivity contribution in [3.8, 4) is 0 Å². The molecular formula is C14H21BrN2O3S. The van der Waals surface area contributed by atoms with Crippen molar-refractivity contribution in [2.45, 2.75) is 38.1 Å². The van der Waals surface area contributed by atoms with Crippen LogP contribution in [0.3, 0.4) is 0 Å². The van der Waals surface area contributed by atoms with Gasteiger partial charge in [0.05, 0.1) is 4.90 Å². The highest BCUT2D eigenvalue weighted by Gasteiger charge is 2.21. The second kappa shape index (κ2) is 7.91. The summed E-state index contributed by atoms with van der Waals surface area (Å²) in [5.41, 5.74) is 0.572. The lowest BCUT2D eigenvalue weighted by Crippen LogP contribution is -2.38. The zero-order chi connectivity index (χ0) is 16.0. The summed E-state index contributed by atoms with van der Waals surface area (Å²) in [7, 11) is -3.56. The van der Waals surface area contributed by atoms with Crippen molar-refractivity contribution in [2.24, 2.45) is 5.92 Å². The van der Waals surface area contributed by atoms with Crippen LogP contribution in [0.2, 0.25) is 0 Å². The van der Waals surface area contributed by atoms with Crippen molar-refractivity contribution >= 4 is 37.5 Å². The molecule has 21 heavy (non-hydrogen) atoms. The van der Waals surface area contributed by atoms with E-state index < -0.39 is 10.0 Å². The maximum absolute atomic E-state index is 12.3. The van der Waals surface area contributed by atoms with E-state index in [0.717, 1.165) is 11.8 Å². The maximum Gasteiger partial charge on any atom is 0.240 e. The molecule has 1 aromatic rings. The predicted molar refractivity (Wildman–Crippen MR) is 88.1 cm³/mol. The van der Waals surface area contributed by atoms with Gasteiger partial charge in [-0.15, -0.1) is 0 Å². The Balaban J connectivity index is 2.89. The van der Waals surface area contributed by atoms with E-state index in [1.54, 1.807) is 12.1 Å². The van der Waals surface area contributed by atoms with Gasteiger partial charge >= 0.3 is 0 Å². The van der Waals surface area contributed by atoms with Gasteiger partial charge in [-0.05, 0) is 36.6 Å². The van der Waals surface area contributed by atoms with Gasteiger partial charge in [0.15, 0.2) is 0 Å². The number of hydrogen-bond donors (Lipinski definition) is 2. The Labute approximate surface area is 134 Å². The highest BCUT2D eigenvalue weighted by Crippen LogP contribution is 2.17. The van der Waals surface area contributed by atoms with Crippen LogP contribution in [0.4, 0.5) is 5.69 Å². The molecule has 0 bridgehead atoms. The van der Waals surface area contributed by atoms with E-state index in [9.17, 15) is 13.2 Å². The highest BCUT2D eigenvalue weighted by molar-refractivity contribution is 9.09. The fraction of sp³-hybridized carbons (Fsp3) is 0.500. The van der Waals surface area contributed by atoms with Crippen molar-refractivity contribution in [2.75, 3.05) is 10.6 Å². The Morgan fingerprint density at radius 3 is 2.24 bits per heavy atom. The smallest absolute Gasteiger partial charge is 0.240 e. The molecule has 0 saturated heterocycles. The number of carbonyl (C=O) groups is 1. The number of amides is 1. The Morgan fingerprint density at radius 2 is 1.81 bits per heavy atom. The molecule has 0 aliphatic carbocycles. The molecule has 1 atom stereocenters. The lowest BCUT2D eigenvalue weighted by atomic mass is 10.0. The first-order valence-corrected chi connectivity index (χ1v) is 9.32. The largest absolute Gasteiger partial charge is 0.326 e. The van der Waals surface area contributed by atoms with Gasteiger partial charge in [-0.1, -0.05) is 29.8 Å². The van der Waals surface area contributed by atoms with Crippen molar-refractivity contribution in [1.82, 2.24) is 4.72 Å². The summed E-state index contributed by atoms with van der Waals surface area (Å²) < 4.78 is 27.4. The molecule has 0 saturated carbocycles. The topological polar surface area (TPSA) is 75.3 Å². The van der Waals surface area contributed by atoms with E-state index in [2.05, 4.69) is 26.0 Å². The van der Waals surface area contributed by atoms with Crippen LogP contribution in [-0.4, -0.2) is 25.7 Å². The molecule has 0 spiro atoms. The maximum atomic E-state index is 12.3. The molecule has 118 valence electrons. The first-order valence-electron chi connectivity index (χ1n) is 6.72. The van der Waals surface area contributed by atoms with Gasteiger partial charge in [0.2, 0.25) is 15.9 Å². The quantitative estimate of drug-likeness (QED) is 0.718. The molecule has 1 rings (SSSR count). The normalized spacial score (nSPS) is 13.2. The second-order valence-corrected chi connectivity index (χ2v) is 7.66. The van der Waals surface area contributed by atoms with Gasteiger partial charge < -0.3 is 5.32 Å². The average molecular weight is 377 g/mol. The molecule has 5 nitrogen and oxygen atoms in total. The Morgan fingerprint density at radius 1 is 1.24 bits per heavy atom. The minimum atomic E-state index is -3.56. The van der Waals surface area contributed by atoms with Crippen LogP contribution in [0.15, 0.2) is 29.2 Å². The van der Waals surface area contributed by atoms with E-state index in [1.165, 1.54) is 19.1 Å². The molecule has 1 amide bonds. The summed E-state index contributed by atoms with van der Waals surface area (Å²) >= 11 is 3.34. The summed E-state index contributed by atoms with van der Waals surface area (Å²) in [6.45, 7) is 5.37. The third-order valence-corrected chi connectivity index (χ3v) is 4.98. The molecule has 0 aliphatic heterocycles. The van der Waals surface area contributed by atoms with Crippen molar-refractivity contribution in [3.05, 3.63) is 24.3 Å². The minimum absolute atomic E-state index is 0.121. The van der Waals surface area contributed by atoms with Crippen LogP contribution in [-0.2, 0) is 14.8 Å². The monoisotopic (exact) mass is 376 g/mol. The van der Waals surface area contributed by atoms with E-state index in [0.29, 0.717) is 5.69 Å². The molecule has 0 radical (unpaired) electrons. The lowest BCUT2D eigenvalue weighted by Gasteiger charge is -2.21. The number of sulfonamides is 1. The van der Waals surface area contributed by atoms with Gasteiger partial charge in [0, 0.05) is 24.0 Å². The van der Waals surface area contributed by atoms with Gasteiger partial charge in [0.1, 0.15) is 0 Å². The standard InChI is InChI=1S/C14H21BrN2O3S/c1-10(2)14(8-9-15)17-21(19,20)13-6-4-12(5-7-13)16-11(3)18/h4-7,10,14,17H,8-9H2,1-3H3,(H,16,18). The lowest BCUT2D eigenvalue weighted by molar-refractivity contribution is -0.114. The third-order valence-electron chi connectivity index (χ3n) is 3.02.